The van der Waals surface area contributed by atoms with E-state index in [4.69, 9.17) is 18.9 Å². The van der Waals surface area contributed by atoms with Gasteiger partial charge >= 0.3 is 17.9 Å². The molecule has 0 heterocycles. The van der Waals surface area contributed by atoms with Crippen molar-refractivity contribution in [2.45, 2.75) is 90.0 Å². The molecular formula is C28H42O9S2. The van der Waals surface area contributed by atoms with Gasteiger partial charge in [0.1, 0.15) is 11.9 Å². The summed E-state index contributed by atoms with van der Waals surface area (Å²) in [5.41, 5.74) is -0.0877. The number of Topliss-reactive ketones (excluding diaryl/α,β-unsaturated/α-hetero) is 1. The van der Waals surface area contributed by atoms with Crippen LogP contribution in [0.5, 0.6) is 0 Å². The van der Waals surface area contributed by atoms with Crippen molar-refractivity contribution in [2.75, 3.05) is 18.6 Å². The van der Waals surface area contributed by atoms with E-state index in [9.17, 15) is 24.3 Å². The van der Waals surface area contributed by atoms with Crippen LogP contribution in [0.3, 0.4) is 0 Å². The molecule has 4 atom stereocenters. The minimum Gasteiger partial charge on any atom is -0.467 e. The van der Waals surface area contributed by atoms with Crippen LogP contribution in [-0.2, 0) is 44.7 Å². The molecule has 220 valence electrons. The van der Waals surface area contributed by atoms with Crippen molar-refractivity contribution < 1.29 is 43.2 Å². The smallest absolute Gasteiger partial charge is 0.338 e. The van der Waals surface area contributed by atoms with Gasteiger partial charge in [-0.1, -0.05) is 44.2 Å². The van der Waals surface area contributed by atoms with Crippen molar-refractivity contribution in [2.24, 2.45) is 5.41 Å². The SMILES string of the molecule is CCSC(SCC)[C@H](OC(=O)C(C)(C)C)[C@@H](OCc1ccccc1)[C@H](OC(=O)CCC(C)=O)[C@H](O)C(=O)OC. The first kappa shape index (κ1) is 34.9. The van der Waals surface area contributed by atoms with Crippen LogP contribution < -0.4 is 0 Å². The van der Waals surface area contributed by atoms with E-state index in [0.717, 1.165) is 12.7 Å². The number of carbonyl (C=O) groups excluding carboxylic acids is 4. The lowest BCUT2D eigenvalue weighted by Gasteiger charge is -2.38. The predicted octanol–water partition coefficient (Wildman–Crippen LogP) is 4.18. The Hall–Kier alpha value is -2.08. The number of hydrogen-bond donors (Lipinski definition) is 1. The van der Waals surface area contributed by atoms with Crippen LogP contribution in [0.2, 0.25) is 0 Å². The summed E-state index contributed by atoms with van der Waals surface area (Å²) in [4.78, 5) is 49.9. The van der Waals surface area contributed by atoms with Crippen molar-refractivity contribution in [1.82, 2.24) is 0 Å². The van der Waals surface area contributed by atoms with Gasteiger partial charge in [-0.2, -0.15) is 0 Å². The van der Waals surface area contributed by atoms with Gasteiger partial charge in [0.2, 0.25) is 0 Å². The summed E-state index contributed by atoms with van der Waals surface area (Å²) >= 11 is 3.02. The third kappa shape index (κ3) is 12.3. The summed E-state index contributed by atoms with van der Waals surface area (Å²) < 4.78 is 22.3. The molecule has 11 heteroatoms. The van der Waals surface area contributed by atoms with Gasteiger partial charge in [-0.05, 0) is 44.8 Å². The fourth-order valence-electron chi connectivity index (χ4n) is 3.34. The summed E-state index contributed by atoms with van der Waals surface area (Å²) in [6.07, 6.45) is -6.13. The molecule has 0 amide bonds. The minimum absolute atomic E-state index is 0.0186. The first-order valence-electron chi connectivity index (χ1n) is 12.9. The number of carbonyl (C=O) groups is 4. The van der Waals surface area contributed by atoms with E-state index in [2.05, 4.69) is 0 Å². The third-order valence-corrected chi connectivity index (χ3v) is 8.10. The number of benzene rings is 1. The van der Waals surface area contributed by atoms with E-state index >= 15 is 0 Å². The van der Waals surface area contributed by atoms with Gasteiger partial charge < -0.3 is 28.8 Å². The van der Waals surface area contributed by atoms with Crippen LogP contribution in [0.25, 0.3) is 0 Å². The zero-order chi connectivity index (χ0) is 29.6. The van der Waals surface area contributed by atoms with Gasteiger partial charge in [-0.15, -0.1) is 23.5 Å². The van der Waals surface area contributed by atoms with Gasteiger partial charge in [0.25, 0.3) is 0 Å². The zero-order valence-corrected chi connectivity index (χ0v) is 25.5. The Morgan fingerprint density at radius 3 is 1.97 bits per heavy atom. The molecule has 1 rings (SSSR count). The Kier molecular flexibility index (Phi) is 15.8. The molecule has 1 aromatic rings. The van der Waals surface area contributed by atoms with Crippen LogP contribution in [0, 0.1) is 5.41 Å². The Bertz CT molecular complexity index is 911. The second-order valence-corrected chi connectivity index (χ2v) is 12.9. The number of thioether (sulfide) groups is 2. The fraction of sp³-hybridized carbons (Fsp3) is 0.643. The number of esters is 3. The topological polar surface area (TPSA) is 125 Å². The zero-order valence-electron chi connectivity index (χ0n) is 23.8. The monoisotopic (exact) mass is 586 g/mol. The van der Waals surface area contributed by atoms with E-state index < -0.39 is 47.7 Å². The lowest BCUT2D eigenvalue weighted by molar-refractivity contribution is -0.198. The van der Waals surface area contributed by atoms with E-state index in [-0.39, 0.29) is 29.8 Å². The summed E-state index contributed by atoms with van der Waals surface area (Å²) in [6.45, 7) is 10.4. The van der Waals surface area contributed by atoms with E-state index in [1.165, 1.54) is 30.4 Å². The number of ketones is 1. The van der Waals surface area contributed by atoms with Crippen LogP contribution in [0.15, 0.2) is 30.3 Å². The standard InChI is InChI=1S/C28H42O9S2/c1-8-38-26(39-9-2)24(37-27(33)28(4,5)6)23(35-17-19-13-11-10-12-14-19)22(21(31)25(32)34-7)36-20(30)16-15-18(3)29/h10-14,21-24,26,31H,8-9,15-17H2,1-7H3/t21-,22+,23-,24+/m0/s1. The van der Waals surface area contributed by atoms with Crippen LogP contribution in [-0.4, -0.2) is 76.4 Å². The Morgan fingerprint density at radius 2 is 1.49 bits per heavy atom. The van der Waals surface area contributed by atoms with E-state index in [1.807, 2.05) is 44.2 Å². The molecule has 0 saturated carbocycles. The number of rotatable bonds is 17. The lowest BCUT2D eigenvalue weighted by Crippen LogP contribution is -2.55. The Balaban J connectivity index is 3.65. The van der Waals surface area contributed by atoms with Gasteiger partial charge in [-0.3, -0.25) is 9.59 Å². The molecule has 39 heavy (non-hydrogen) atoms. The maximum atomic E-state index is 13.2. The molecule has 0 unspecified atom stereocenters. The van der Waals surface area contributed by atoms with Crippen molar-refractivity contribution in [1.29, 1.82) is 0 Å². The average Bonchev–Trinajstić information content (AvgIpc) is 2.89. The highest BCUT2D eigenvalue weighted by molar-refractivity contribution is 8.17. The van der Waals surface area contributed by atoms with Crippen molar-refractivity contribution in [3.63, 3.8) is 0 Å². The minimum atomic E-state index is -1.94. The highest BCUT2D eigenvalue weighted by Crippen LogP contribution is 2.35. The van der Waals surface area contributed by atoms with E-state index in [0.29, 0.717) is 11.5 Å². The number of ether oxygens (including phenoxy) is 4. The molecule has 0 aliphatic carbocycles. The summed E-state index contributed by atoms with van der Waals surface area (Å²) in [7, 11) is 1.10. The van der Waals surface area contributed by atoms with Gasteiger partial charge in [0, 0.05) is 6.42 Å². The average molecular weight is 587 g/mol. The maximum Gasteiger partial charge on any atom is 0.338 e. The highest BCUT2D eigenvalue weighted by Gasteiger charge is 2.47. The lowest BCUT2D eigenvalue weighted by atomic mass is 9.96. The molecule has 1 aromatic carbocycles. The summed E-state index contributed by atoms with van der Waals surface area (Å²) in [6, 6.07) is 9.17. The molecule has 0 radical (unpaired) electrons. The number of methoxy groups -OCH3 is 1. The molecule has 0 aliphatic rings. The van der Waals surface area contributed by atoms with Crippen LogP contribution >= 0.6 is 23.5 Å². The van der Waals surface area contributed by atoms with Gasteiger partial charge in [0.05, 0.1) is 30.1 Å². The van der Waals surface area contributed by atoms with E-state index in [1.54, 1.807) is 20.8 Å². The second kappa shape index (κ2) is 17.6. The second-order valence-electron chi connectivity index (χ2n) is 9.78. The molecule has 9 nitrogen and oxygen atoms in total. The molecule has 0 aromatic heterocycles. The molecule has 0 bridgehead atoms. The predicted molar refractivity (Wildman–Crippen MR) is 152 cm³/mol. The van der Waals surface area contributed by atoms with Crippen molar-refractivity contribution >= 4 is 47.2 Å². The fourth-order valence-corrected chi connectivity index (χ4v) is 6.00. The molecule has 0 fully saturated rings. The molecule has 0 spiro atoms. The number of hydrogen-bond acceptors (Lipinski definition) is 11. The van der Waals surface area contributed by atoms with Crippen LogP contribution in [0.1, 0.15) is 59.9 Å². The van der Waals surface area contributed by atoms with Gasteiger partial charge in [0.15, 0.2) is 18.3 Å². The molecule has 0 aliphatic heterocycles. The molecular weight excluding hydrogens is 544 g/mol. The first-order valence-corrected chi connectivity index (χ1v) is 15.0. The number of aliphatic hydroxyl groups excluding tert-OH is 1. The third-order valence-electron chi connectivity index (χ3n) is 5.42. The maximum absolute atomic E-state index is 13.2. The Morgan fingerprint density at radius 1 is 0.897 bits per heavy atom. The summed E-state index contributed by atoms with van der Waals surface area (Å²) in [5, 5.41) is 11.0. The molecule has 1 N–H and O–H groups in total. The molecule has 0 saturated heterocycles. The largest absolute Gasteiger partial charge is 0.467 e. The van der Waals surface area contributed by atoms with Crippen molar-refractivity contribution in [3.05, 3.63) is 35.9 Å². The number of aliphatic hydroxyl groups is 1. The normalized spacial score (nSPS) is 14.7. The summed E-state index contributed by atoms with van der Waals surface area (Å²) in [5.74, 6) is -1.24. The van der Waals surface area contributed by atoms with Crippen LogP contribution in [0.4, 0.5) is 0 Å². The quantitative estimate of drug-likeness (QED) is 0.161. The highest BCUT2D eigenvalue weighted by atomic mass is 32.2. The van der Waals surface area contributed by atoms with Crippen molar-refractivity contribution in [3.8, 4) is 0 Å². The first-order chi connectivity index (χ1) is 18.3. The Labute approximate surface area is 240 Å². The van der Waals surface area contributed by atoms with Gasteiger partial charge in [-0.25, -0.2) is 4.79 Å².